The topological polar surface area (TPSA) is 49.4 Å². The number of unbranched alkanes of at least 4 members (excludes halogenated alkanes) is 2. The molecule has 0 saturated heterocycles. The number of anilines is 2. The summed E-state index contributed by atoms with van der Waals surface area (Å²) in [4.78, 5) is 30.1. The van der Waals surface area contributed by atoms with Gasteiger partial charge in [-0.05, 0) is 65.1 Å². The summed E-state index contributed by atoms with van der Waals surface area (Å²) in [5, 5.41) is 4.55. The minimum atomic E-state index is -0.656. The van der Waals surface area contributed by atoms with Gasteiger partial charge in [0.25, 0.3) is 0 Å². The summed E-state index contributed by atoms with van der Waals surface area (Å²) in [6.07, 6.45) is 4.19. The van der Waals surface area contributed by atoms with Crippen molar-refractivity contribution in [3.8, 4) is 0 Å². The molecule has 0 saturated carbocycles. The first kappa shape index (κ1) is 29.4. The van der Waals surface area contributed by atoms with Gasteiger partial charge in [-0.25, -0.2) is 0 Å². The van der Waals surface area contributed by atoms with Crippen LogP contribution in [-0.2, 0) is 15.0 Å². The first-order chi connectivity index (χ1) is 19.6. The molecule has 0 unspecified atom stereocenters. The van der Waals surface area contributed by atoms with E-state index in [1.807, 2.05) is 30.3 Å². The van der Waals surface area contributed by atoms with E-state index >= 15 is 0 Å². The summed E-state index contributed by atoms with van der Waals surface area (Å²) in [7, 11) is 0. The average Bonchev–Trinajstić information content (AvgIpc) is 3.07. The number of nitrogens with zero attached hydrogens (tertiary/aromatic N) is 1. The Labute approximate surface area is 253 Å². The van der Waals surface area contributed by atoms with Gasteiger partial charge in [0.05, 0.1) is 17.4 Å². The summed E-state index contributed by atoms with van der Waals surface area (Å²) >= 11 is 13.1. The van der Waals surface area contributed by atoms with Crippen molar-refractivity contribution < 1.29 is 9.59 Å². The van der Waals surface area contributed by atoms with Crippen LogP contribution in [0.1, 0.15) is 94.9 Å². The molecule has 6 heteroatoms. The normalized spacial score (nSPS) is 18.9. The molecule has 0 radical (unpaired) electrons. The van der Waals surface area contributed by atoms with Gasteiger partial charge >= 0.3 is 0 Å². The van der Waals surface area contributed by atoms with Crippen LogP contribution in [0.3, 0.4) is 0 Å². The minimum Gasteiger partial charge on any atom is -0.357 e. The molecule has 41 heavy (non-hydrogen) atoms. The monoisotopic (exact) mass is 588 g/mol. The number of hydrogen-bond donors (Lipinski definition) is 1. The molecule has 2 atom stereocenters. The highest BCUT2D eigenvalue weighted by atomic mass is 35.5. The SMILES string of the molecule is CCCCCC(=O)N1c2ccccc2NC2=C(C(=O)C[C@H](c3ccc(C(C)(C)C)cc3)C2)[C@@H]1c1ccc(Cl)cc1Cl. The minimum absolute atomic E-state index is 0.0230. The molecule has 1 N–H and O–H groups in total. The van der Waals surface area contributed by atoms with Crippen molar-refractivity contribution in [1.82, 2.24) is 0 Å². The van der Waals surface area contributed by atoms with Gasteiger partial charge in [-0.1, -0.05) is 106 Å². The predicted octanol–water partition coefficient (Wildman–Crippen LogP) is 9.77. The molecule has 1 aliphatic heterocycles. The predicted molar refractivity (Wildman–Crippen MR) is 170 cm³/mol. The third kappa shape index (κ3) is 6.10. The molecule has 0 aromatic heterocycles. The number of nitrogens with one attached hydrogen (secondary N) is 1. The number of fused-ring (bicyclic) bond motifs is 1. The van der Waals surface area contributed by atoms with Crippen molar-refractivity contribution in [2.45, 2.75) is 83.6 Å². The number of Topliss-reactive ketones (excluding diaryl/α,β-unsaturated/α-hetero) is 1. The number of ketones is 1. The van der Waals surface area contributed by atoms with Crippen LogP contribution in [0.15, 0.2) is 78.0 Å². The Hall–Kier alpha value is -3.08. The molecule has 4 nitrogen and oxygen atoms in total. The molecule has 3 aromatic carbocycles. The zero-order chi connectivity index (χ0) is 29.3. The molecule has 2 aliphatic rings. The molecule has 1 amide bonds. The van der Waals surface area contributed by atoms with Crippen molar-refractivity contribution in [3.05, 3.63) is 105 Å². The van der Waals surface area contributed by atoms with E-state index in [9.17, 15) is 9.59 Å². The van der Waals surface area contributed by atoms with E-state index in [0.29, 0.717) is 40.4 Å². The largest absolute Gasteiger partial charge is 0.357 e. The van der Waals surface area contributed by atoms with Crippen molar-refractivity contribution in [3.63, 3.8) is 0 Å². The maximum absolute atomic E-state index is 14.2. The van der Waals surface area contributed by atoms with E-state index < -0.39 is 6.04 Å². The lowest BCUT2D eigenvalue weighted by Crippen LogP contribution is -2.38. The summed E-state index contributed by atoms with van der Waals surface area (Å²) in [6, 6.07) is 21.1. The average molecular weight is 590 g/mol. The van der Waals surface area contributed by atoms with Gasteiger partial charge in [0.2, 0.25) is 5.91 Å². The van der Waals surface area contributed by atoms with E-state index in [1.165, 1.54) is 5.56 Å². The van der Waals surface area contributed by atoms with Gasteiger partial charge in [0, 0.05) is 34.2 Å². The first-order valence-corrected chi connectivity index (χ1v) is 15.3. The van der Waals surface area contributed by atoms with Crippen LogP contribution in [0.4, 0.5) is 11.4 Å². The maximum Gasteiger partial charge on any atom is 0.227 e. The zero-order valence-electron chi connectivity index (χ0n) is 24.3. The second-order valence-electron chi connectivity index (χ2n) is 12.2. The van der Waals surface area contributed by atoms with Crippen molar-refractivity contribution >= 4 is 46.3 Å². The standard InChI is InChI=1S/C35H38Cl2N2O2/c1-5-6-7-12-32(41)39-30-11-9-8-10-28(30)38-29-19-23(22-13-15-24(16-14-22)35(2,3)4)20-31(40)33(29)34(39)26-18-17-25(36)21-27(26)37/h8-11,13-18,21,23,34,38H,5-7,12,19-20H2,1-4H3/t23-,34+/m1/s1. The van der Waals surface area contributed by atoms with Crippen molar-refractivity contribution in [2.75, 3.05) is 10.2 Å². The fraction of sp³-hybridized carbons (Fsp3) is 0.371. The van der Waals surface area contributed by atoms with Gasteiger partial charge in [-0.15, -0.1) is 0 Å². The van der Waals surface area contributed by atoms with Crippen LogP contribution < -0.4 is 10.2 Å². The fourth-order valence-corrected chi connectivity index (χ4v) is 6.53. The Morgan fingerprint density at radius 1 is 0.976 bits per heavy atom. The Bertz CT molecular complexity index is 1490. The Kier molecular flexibility index (Phi) is 8.63. The smallest absolute Gasteiger partial charge is 0.227 e. The third-order valence-electron chi connectivity index (χ3n) is 8.26. The number of amides is 1. The first-order valence-electron chi connectivity index (χ1n) is 14.6. The number of para-hydroxylation sites is 2. The quantitative estimate of drug-likeness (QED) is 0.291. The lowest BCUT2D eigenvalue weighted by molar-refractivity contribution is -0.119. The van der Waals surface area contributed by atoms with Gasteiger partial charge in [0.1, 0.15) is 0 Å². The van der Waals surface area contributed by atoms with Crippen molar-refractivity contribution in [2.24, 2.45) is 0 Å². The lowest BCUT2D eigenvalue weighted by Gasteiger charge is -2.35. The third-order valence-corrected chi connectivity index (χ3v) is 8.82. The van der Waals surface area contributed by atoms with E-state index in [-0.39, 0.29) is 23.0 Å². The molecule has 214 valence electrons. The lowest BCUT2D eigenvalue weighted by atomic mass is 9.77. The van der Waals surface area contributed by atoms with Crippen LogP contribution >= 0.6 is 23.2 Å². The van der Waals surface area contributed by atoms with Crippen LogP contribution in [0.25, 0.3) is 0 Å². The van der Waals surface area contributed by atoms with Crippen LogP contribution in [-0.4, -0.2) is 11.7 Å². The Morgan fingerprint density at radius 3 is 2.39 bits per heavy atom. The summed E-state index contributed by atoms with van der Waals surface area (Å²) in [5.41, 5.74) is 6.18. The van der Waals surface area contributed by atoms with Crippen LogP contribution in [0.2, 0.25) is 10.0 Å². The summed E-state index contributed by atoms with van der Waals surface area (Å²) in [5.74, 6) is 0.0343. The van der Waals surface area contributed by atoms with Crippen molar-refractivity contribution in [1.29, 1.82) is 0 Å². The van der Waals surface area contributed by atoms with E-state index in [2.05, 4.69) is 57.3 Å². The van der Waals surface area contributed by atoms with Gasteiger partial charge in [-0.2, -0.15) is 0 Å². The molecule has 0 bridgehead atoms. The van der Waals surface area contributed by atoms with Gasteiger partial charge < -0.3 is 5.32 Å². The highest BCUT2D eigenvalue weighted by Crippen LogP contribution is 2.49. The molecule has 3 aromatic rings. The van der Waals surface area contributed by atoms with E-state index in [0.717, 1.165) is 41.9 Å². The number of carbonyl (C=O) groups is 2. The molecule has 1 aliphatic carbocycles. The number of rotatable bonds is 6. The van der Waals surface area contributed by atoms with Crippen LogP contribution in [0, 0.1) is 0 Å². The Morgan fingerprint density at radius 2 is 1.71 bits per heavy atom. The second-order valence-corrected chi connectivity index (χ2v) is 13.1. The number of hydrogen-bond acceptors (Lipinski definition) is 3. The van der Waals surface area contributed by atoms with E-state index in [1.54, 1.807) is 17.0 Å². The molecule has 1 heterocycles. The maximum atomic E-state index is 14.2. The van der Waals surface area contributed by atoms with Gasteiger partial charge in [-0.3, -0.25) is 14.5 Å². The van der Waals surface area contributed by atoms with Crippen LogP contribution in [0.5, 0.6) is 0 Å². The molecule has 0 spiro atoms. The summed E-state index contributed by atoms with van der Waals surface area (Å²) < 4.78 is 0. The number of carbonyl (C=O) groups excluding carboxylic acids is 2. The second kappa shape index (κ2) is 12.0. The highest BCUT2D eigenvalue weighted by Gasteiger charge is 2.42. The number of benzene rings is 3. The molecule has 5 rings (SSSR count). The number of halogens is 2. The molecular formula is C35H38Cl2N2O2. The number of allylic oxidation sites excluding steroid dienone is 1. The highest BCUT2D eigenvalue weighted by molar-refractivity contribution is 6.35. The summed E-state index contributed by atoms with van der Waals surface area (Å²) in [6.45, 7) is 8.73. The Balaban J connectivity index is 1.64. The fourth-order valence-electron chi connectivity index (χ4n) is 6.02. The molecule has 0 fully saturated rings. The van der Waals surface area contributed by atoms with Gasteiger partial charge in [0.15, 0.2) is 5.78 Å². The van der Waals surface area contributed by atoms with E-state index in [4.69, 9.17) is 23.2 Å². The zero-order valence-corrected chi connectivity index (χ0v) is 25.8. The molecular weight excluding hydrogens is 551 g/mol.